The molecule has 0 atom stereocenters. The van der Waals surface area contributed by atoms with E-state index in [0.717, 1.165) is 37.6 Å². The molecule has 4 aromatic rings. The summed E-state index contributed by atoms with van der Waals surface area (Å²) in [6.07, 6.45) is 2.23. The van der Waals surface area contributed by atoms with Crippen molar-refractivity contribution in [3.8, 4) is 0 Å². The lowest BCUT2D eigenvalue weighted by Crippen LogP contribution is -2.25. The van der Waals surface area contributed by atoms with Crippen molar-refractivity contribution in [1.82, 2.24) is 19.3 Å². The first kappa shape index (κ1) is 18.3. The van der Waals surface area contributed by atoms with Gasteiger partial charge in [0.2, 0.25) is 0 Å². The van der Waals surface area contributed by atoms with E-state index in [9.17, 15) is 4.79 Å². The summed E-state index contributed by atoms with van der Waals surface area (Å²) in [5.74, 6) is 0. The standard InChI is InChI=1S/C19H20N6O2S/c1-11-12(5-4-6-14(11)23-20-2)10-25-19(27)16-13(9-21-25)17-18(24(16)3)22-15(28-17)7-8-26/h4-6,9,23,26H,2,7-8,10H2,1,3H3. The van der Waals surface area contributed by atoms with Gasteiger partial charge in [-0.2, -0.15) is 10.2 Å². The summed E-state index contributed by atoms with van der Waals surface area (Å²) in [4.78, 5) is 17.7. The van der Waals surface area contributed by atoms with Gasteiger partial charge in [-0.3, -0.25) is 10.2 Å². The molecule has 0 aliphatic rings. The highest BCUT2D eigenvalue weighted by Crippen LogP contribution is 2.31. The van der Waals surface area contributed by atoms with Gasteiger partial charge in [-0.15, -0.1) is 11.3 Å². The van der Waals surface area contributed by atoms with Gasteiger partial charge in [-0.1, -0.05) is 12.1 Å². The fraction of sp³-hybridized carbons (Fsp3) is 0.263. The molecule has 0 aliphatic heterocycles. The number of aliphatic hydroxyl groups excluding tert-OH is 1. The molecule has 1 aromatic carbocycles. The number of aliphatic hydroxyl groups is 1. The quantitative estimate of drug-likeness (QED) is 0.385. The number of anilines is 1. The van der Waals surface area contributed by atoms with Crippen LogP contribution in [-0.2, 0) is 20.0 Å². The molecule has 0 radical (unpaired) electrons. The molecule has 3 aromatic heterocycles. The molecular formula is C19H20N6O2S. The van der Waals surface area contributed by atoms with Crippen LogP contribution in [0.5, 0.6) is 0 Å². The van der Waals surface area contributed by atoms with E-state index in [0.29, 0.717) is 18.5 Å². The Morgan fingerprint density at radius 2 is 2.21 bits per heavy atom. The number of hydrazone groups is 1. The van der Waals surface area contributed by atoms with E-state index in [4.69, 9.17) is 5.11 Å². The number of nitrogens with one attached hydrogen (secondary N) is 1. The number of hydrogen-bond donors (Lipinski definition) is 2. The second-order valence-electron chi connectivity index (χ2n) is 6.52. The van der Waals surface area contributed by atoms with Gasteiger partial charge < -0.3 is 9.67 Å². The molecular weight excluding hydrogens is 376 g/mol. The Hall–Kier alpha value is -3.04. The van der Waals surface area contributed by atoms with Crippen molar-refractivity contribution < 1.29 is 5.11 Å². The molecule has 0 unspecified atom stereocenters. The Morgan fingerprint density at radius 1 is 1.39 bits per heavy atom. The van der Waals surface area contributed by atoms with Crippen molar-refractivity contribution in [2.75, 3.05) is 12.0 Å². The Balaban J connectivity index is 1.81. The molecule has 0 saturated heterocycles. The van der Waals surface area contributed by atoms with Crippen molar-refractivity contribution >= 4 is 45.0 Å². The third kappa shape index (κ3) is 2.88. The summed E-state index contributed by atoms with van der Waals surface area (Å²) in [7, 11) is 1.84. The van der Waals surface area contributed by atoms with Crippen LogP contribution in [0.25, 0.3) is 21.3 Å². The van der Waals surface area contributed by atoms with E-state index in [1.165, 1.54) is 16.0 Å². The largest absolute Gasteiger partial charge is 0.396 e. The number of benzene rings is 1. The van der Waals surface area contributed by atoms with Crippen molar-refractivity contribution in [3.05, 3.63) is 50.9 Å². The average Bonchev–Trinajstić information content (AvgIpc) is 3.20. The molecule has 3 heterocycles. The van der Waals surface area contributed by atoms with Gasteiger partial charge in [0, 0.05) is 32.2 Å². The zero-order chi connectivity index (χ0) is 19.8. The molecule has 0 bridgehead atoms. The van der Waals surface area contributed by atoms with E-state index < -0.39 is 0 Å². The molecule has 0 aliphatic carbocycles. The van der Waals surface area contributed by atoms with Crippen LogP contribution >= 0.6 is 11.3 Å². The second-order valence-corrected chi connectivity index (χ2v) is 7.61. The Bertz CT molecular complexity index is 1250. The Labute approximate surface area is 164 Å². The number of aromatic nitrogens is 4. The zero-order valence-electron chi connectivity index (χ0n) is 15.6. The predicted molar refractivity (Wildman–Crippen MR) is 112 cm³/mol. The van der Waals surface area contributed by atoms with E-state index >= 15 is 0 Å². The van der Waals surface area contributed by atoms with Crippen molar-refractivity contribution in [2.24, 2.45) is 12.1 Å². The first-order valence-corrected chi connectivity index (χ1v) is 9.61. The molecule has 9 heteroatoms. The molecule has 0 saturated carbocycles. The smallest absolute Gasteiger partial charge is 0.291 e. The number of fused-ring (bicyclic) bond motifs is 3. The van der Waals surface area contributed by atoms with E-state index in [-0.39, 0.29) is 12.2 Å². The van der Waals surface area contributed by atoms with Crippen molar-refractivity contribution in [3.63, 3.8) is 0 Å². The average molecular weight is 396 g/mol. The number of hydrogen-bond acceptors (Lipinski definition) is 7. The van der Waals surface area contributed by atoms with Gasteiger partial charge in [0.1, 0.15) is 5.52 Å². The molecule has 0 amide bonds. The lowest BCUT2D eigenvalue weighted by Gasteiger charge is -2.11. The minimum absolute atomic E-state index is 0.0530. The number of rotatable bonds is 6. The Kier molecular flexibility index (Phi) is 4.70. The second kappa shape index (κ2) is 7.17. The zero-order valence-corrected chi connectivity index (χ0v) is 16.5. The Morgan fingerprint density at radius 3 is 2.96 bits per heavy atom. The van der Waals surface area contributed by atoms with Crippen molar-refractivity contribution in [1.29, 1.82) is 0 Å². The van der Waals surface area contributed by atoms with Crippen LogP contribution in [0.2, 0.25) is 0 Å². The van der Waals surface area contributed by atoms with Crippen LogP contribution in [0.1, 0.15) is 16.1 Å². The van der Waals surface area contributed by atoms with Gasteiger partial charge in [0.05, 0.1) is 28.1 Å². The molecule has 144 valence electrons. The van der Waals surface area contributed by atoms with Gasteiger partial charge in [0.25, 0.3) is 5.56 Å². The highest BCUT2D eigenvalue weighted by atomic mass is 32.1. The lowest BCUT2D eigenvalue weighted by molar-refractivity contribution is 0.299. The highest BCUT2D eigenvalue weighted by molar-refractivity contribution is 7.19. The molecule has 2 N–H and O–H groups in total. The molecule has 4 rings (SSSR count). The van der Waals surface area contributed by atoms with Crippen LogP contribution < -0.4 is 11.0 Å². The normalized spacial score (nSPS) is 11.4. The molecule has 8 nitrogen and oxygen atoms in total. The van der Waals surface area contributed by atoms with E-state index in [2.05, 4.69) is 27.3 Å². The van der Waals surface area contributed by atoms with Crippen LogP contribution in [0, 0.1) is 6.92 Å². The predicted octanol–water partition coefficient (Wildman–Crippen LogP) is 2.26. The first-order valence-electron chi connectivity index (χ1n) is 8.80. The number of thiazole rings is 1. The van der Waals surface area contributed by atoms with Crippen molar-refractivity contribution in [2.45, 2.75) is 19.9 Å². The maximum Gasteiger partial charge on any atom is 0.291 e. The minimum atomic E-state index is -0.159. The lowest BCUT2D eigenvalue weighted by atomic mass is 10.1. The third-order valence-electron chi connectivity index (χ3n) is 4.86. The summed E-state index contributed by atoms with van der Waals surface area (Å²) in [5.41, 5.74) is 6.85. The highest BCUT2D eigenvalue weighted by Gasteiger charge is 2.18. The fourth-order valence-electron chi connectivity index (χ4n) is 3.37. The van der Waals surface area contributed by atoms with Crippen LogP contribution in [-0.4, -0.2) is 37.8 Å². The summed E-state index contributed by atoms with van der Waals surface area (Å²) in [6.45, 7) is 5.83. The number of aryl methyl sites for hydroxylation is 1. The minimum Gasteiger partial charge on any atom is -0.396 e. The maximum atomic E-state index is 13.1. The SMILES string of the molecule is C=NNc1cccc(Cn2ncc3c4sc(CCO)nc4n(C)c3c2=O)c1C. The van der Waals surface area contributed by atoms with E-state index in [1.807, 2.05) is 36.7 Å². The molecule has 0 spiro atoms. The summed E-state index contributed by atoms with van der Waals surface area (Å²) >= 11 is 1.50. The summed E-state index contributed by atoms with van der Waals surface area (Å²) in [6, 6.07) is 5.78. The van der Waals surface area contributed by atoms with Gasteiger partial charge in [-0.05, 0) is 24.1 Å². The summed E-state index contributed by atoms with van der Waals surface area (Å²) in [5, 5.41) is 18.9. The topological polar surface area (TPSA) is 97.3 Å². The molecule has 0 fully saturated rings. The van der Waals surface area contributed by atoms with Crippen LogP contribution in [0.4, 0.5) is 5.69 Å². The monoisotopic (exact) mass is 396 g/mol. The number of nitrogens with zero attached hydrogens (tertiary/aromatic N) is 5. The van der Waals surface area contributed by atoms with Crippen LogP contribution in [0.15, 0.2) is 34.3 Å². The van der Waals surface area contributed by atoms with Gasteiger partial charge in [0.15, 0.2) is 5.65 Å². The first-order chi connectivity index (χ1) is 13.5. The maximum absolute atomic E-state index is 13.1. The van der Waals surface area contributed by atoms with E-state index in [1.54, 1.807) is 6.20 Å². The third-order valence-corrected chi connectivity index (χ3v) is 6.00. The van der Waals surface area contributed by atoms with Gasteiger partial charge >= 0.3 is 0 Å². The molecule has 28 heavy (non-hydrogen) atoms. The van der Waals surface area contributed by atoms with Gasteiger partial charge in [-0.25, -0.2) is 9.67 Å². The summed E-state index contributed by atoms with van der Waals surface area (Å²) < 4.78 is 4.21. The fourth-order valence-corrected chi connectivity index (χ4v) is 4.46. The van der Waals surface area contributed by atoms with Crippen LogP contribution in [0.3, 0.4) is 0 Å².